The van der Waals surface area contributed by atoms with E-state index in [1.807, 2.05) is 0 Å². The molecule has 0 aliphatic carbocycles. The van der Waals surface area contributed by atoms with Crippen LogP contribution in [0.15, 0.2) is 18.2 Å². The van der Waals surface area contributed by atoms with Gasteiger partial charge in [-0.3, -0.25) is 0 Å². The molecule has 0 heterocycles. The van der Waals surface area contributed by atoms with E-state index in [-0.39, 0.29) is 12.4 Å². The van der Waals surface area contributed by atoms with Crippen molar-refractivity contribution in [2.45, 2.75) is 19.7 Å². The van der Waals surface area contributed by atoms with Gasteiger partial charge in [-0.2, -0.15) is 13.2 Å². The van der Waals surface area contributed by atoms with Gasteiger partial charge in [0.1, 0.15) is 5.75 Å². The molecule has 5 heteroatoms. The lowest BCUT2D eigenvalue weighted by atomic mass is 10.1. The summed E-state index contributed by atoms with van der Waals surface area (Å²) in [6.07, 6.45) is -4.41. The van der Waals surface area contributed by atoms with E-state index in [4.69, 9.17) is 4.74 Å². The second-order valence-electron chi connectivity index (χ2n) is 3.17. The fourth-order valence-electron chi connectivity index (χ4n) is 1.29. The largest absolute Gasteiger partial charge is 0.496 e. The number of methoxy groups -OCH3 is 1. The molecular weight excluding hydrogens is 221 g/mol. The van der Waals surface area contributed by atoms with Crippen LogP contribution in [-0.2, 0) is 17.5 Å². The predicted octanol–water partition coefficient (Wildman–Crippen LogP) is 3.25. The molecule has 0 saturated heterocycles. The molecule has 0 N–H and O–H groups in total. The van der Waals surface area contributed by atoms with Crippen LogP contribution in [0, 0.1) is 0 Å². The Morgan fingerprint density at radius 2 is 1.94 bits per heavy atom. The summed E-state index contributed by atoms with van der Waals surface area (Å²) in [7, 11) is 1.22. The van der Waals surface area contributed by atoms with Crippen LogP contribution in [0.3, 0.4) is 0 Å². The average Bonchev–Trinajstić information content (AvgIpc) is 2.24. The molecular formula is C11H13F3O2. The molecule has 0 saturated carbocycles. The quantitative estimate of drug-likeness (QED) is 0.796. The summed E-state index contributed by atoms with van der Waals surface area (Å²) in [6, 6.07) is 3.91. The minimum Gasteiger partial charge on any atom is -0.496 e. The molecule has 0 atom stereocenters. The summed E-state index contributed by atoms with van der Waals surface area (Å²) in [5, 5.41) is 0. The van der Waals surface area contributed by atoms with Gasteiger partial charge in [-0.05, 0) is 24.6 Å². The molecule has 1 rings (SSSR count). The minimum atomic E-state index is -4.41. The van der Waals surface area contributed by atoms with Crippen LogP contribution in [0.2, 0.25) is 0 Å². The zero-order valence-electron chi connectivity index (χ0n) is 9.10. The monoisotopic (exact) mass is 234 g/mol. The van der Waals surface area contributed by atoms with E-state index in [9.17, 15) is 13.2 Å². The molecule has 2 nitrogen and oxygen atoms in total. The van der Waals surface area contributed by atoms with Gasteiger partial charge in [0.15, 0.2) is 0 Å². The maximum absolute atomic E-state index is 12.6. The van der Waals surface area contributed by atoms with Crippen LogP contribution in [-0.4, -0.2) is 13.7 Å². The van der Waals surface area contributed by atoms with E-state index in [1.54, 1.807) is 13.0 Å². The summed E-state index contributed by atoms with van der Waals surface area (Å²) in [5.74, 6) is -0.173. The first-order valence-corrected chi connectivity index (χ1v) is 4.81. The van der Waals surface area contributed by atoms with Crippen LogP contribution >= 0.6 is 0 Å². The fraction of sp³-hybridized carbons (Fsp3) is 0.455. The summed E-state index contributed by atoms with van der Waals surface area (Å²) < 4.78 is 47.6. The van der Waals surface area contributed by atoms with Crippen molar-refractivity contribution in [3.8, 4) is 5.75 Å². The average molecular weight is 234 g/mol. The molecule has 0 aliphatic rings. The molecule has 1 aromatic rings. The number of rotatable bonds is 4. The molecule has 0 amide bonds. The van der Waals surface area contributed by atoms with Crippen LogP contribution in [0.5, 0.6) is 5.75 Å². The van der Waals surface area contributed by atoms with Crippen LogP contribution in [0.25, 0.3) is 0 Å². The van der Waals surface area contributed by atoms with Crippen molar-refractivity contribution in [1.29, 1.82) is 0 Å². The lowest BCUT2D eigenvalue weighted by Crippen LogP contribution is -2.08. The van der Waals surface area contributed by atoms with Crippen molar-refractivity contribution in [1.82, 2.24) is 0 Å². The number of hydrogen-bond donors (Lipinski definition) is 0. The van der Waals surface area contributed by atoms with Crippen LogP contribution in [0.1, 0.15) is 18.1 Å². The molecule has 16 heavy (non-hydrogen) atoms. The molecule has 0 aliphatic heterocycles. The van der Waals surface area contributed by atoms with Crippen molar-refractivity contribution in [2.75, 3.05) is 13.7 Å². The maximum atomic E-state index is 12.6. The van der Waals surface area contributed by atoms with Crippen molar-refractivity contribution < 1.29 is 22.6 Å². The number of ether oxygens (including phenoxy) is 2. The van der Waals surface area contributed by atoms with Crippen molar-refractivity contribution >= 4 is 0 Å². The first kappa shape index (κ1) is 12.8. The second kappa shape index (κ2) is 5.21. The highest BCUT2D eigenvalue weighted by Gasteiger charge is 2.34. The Kier molecular flexibility index (Phi) is 4.18. The van der Waals surface area contributed by atoms with Gasteiger partial charge >= 0.3 is 6.18 Å². The van der Waals surface area contributed by atoms with Gasteiger partial charge in [0.05, 0.1) is 19.3 Å². The van der Waals surface area contributed by atoms with Crippen molar-refractivity contribution in [3.05, 3.63) is 29.3 Å². The topological polar surface area (TPSA) is 18.5 Å². The third kappa shape index (κ3) is 3.13. The first-order chi connectivity index (χ1) is 7.49. The van der Waals surface area contributed by atoms with Crippen molar-refractivity contribution in [3.63, 3.8) is 0 Å². The lowest BCUT2D eigenvalue weighted by Gasteiger charge is -2.13. The number of halogens is 3. The summed E-state index contributed by atoms with van der Waals surface area (Å²) in [4.78, 5) is 0. The molecule has 0 aromatic heterocycles. The summed E-state index contributed by atoms with van der Waals surface area (Å²) >= 11 is 0. The smallest absolute Gasteiger partial charge is 0.419 e. The lowest BCUT2D eigenvalue weighted by molar-refractivity contribution is -0.138. The highest BCUT2D eigenvalue weighted by molar-refractivity contribution is 5.39. The van der Waals surface area contributed by atoms with E-state index < -0.39 is 11.7 Å². The van der Waals surface area contributed by atoms with Gasteiger partial charge in [0.25, 0.3) is 0 Å². The normalized spacial score (nSPS) is 11.6. The van der Waals surface area contributed by atoms with Gasteiger partial charge in [-0.1, -0.05) is 6.07 Å². The van der Waals surface area contributed by atoms with Crippen molar-refractivity contribution in [2.24, 2.45) is 0 Å². The molecule has 0 unspecified atom stereocenters. The summed E-state index contributed by atoms with van der Waals surface area (Å²) in [5.41, 5.74) is -0.290. The molecule has 1 aromatic carbocycles. The fourth-order valence-corrected chi connectivity index (χ4v) is 1.29. The Morgan fingerprint density at radius 3 is 2.44 bits per heavy atom. The highest BCUT2D eigenvalue weighted by Crippen LogP contribution is 2.36. The second-order valence-corrected chi connectivity index (χ2v) is 3.17. The molecule has 0 spiro atoms. The predicted molar refractivity (Wildman–Crippen MR) is 53.3 cm³/mol. The molecule has 0 bridgehead atoms. The maximum Gasteiger partial charge on any atom is 0.419 e. The zero-order chi connectivity index (χ0) is 12.2. The van der Waals surface area contributed by atoms with Gasteiger partial charge in [-0.25, -0.2) is 0 Å². The SMILES string of the molecule is CCOCc1ccc(OC)c(C(F)(F)F)c1. The van der Waals surface area contributed by atoms with E-state index in [2.05, 4.69) is 4.74 Å². The number of alkyl halides is 3. The van der Waals surface area contributed by atoms with Gasteiger partial charge in [0, 0.05) is 6.61 Å². The summed E-state index contributed by atoms with van der Waals surface area (Å²) in [6.45, 7) is 2.42. The van der Waals surface area contributed by atoms with Gasteiger partial charge in [0.2, 0.25) is 0 Å². The highest BCUT2D eigenvalue weighted by atomic mass is 19.4. The third-order valence-corrected chi connectivity index (χ3v) is 2.04. The Bertz CT molecular complexity index is 348. The molecule has 0 fully saturated rings. The first-order valence-electron chi connectivity index (χ1n) is 4.81. The number of hydrogen-bond acceptors (Lipinski definition) is 2. The molecule has 90 valence electrons. The van der Waals surface area contributed by atoms with Gasteiger partial charge in [-0.15, -0.1) is 0 Å². The number of benzene rings is 1. The molecule has 0 radical (unpaired) electrons. The van der Waals surface area contributed by atoms with E-state index >= 15 is 0 Å². The van der Waals surface area contributed by atoms with Crippen LogP contribution < -0.4 is 4.74 Å². The Morgan fingerprint density at radius 1 is 1.25 bits per heavy atom. The Labute approximate surface area is 92.0 Å². The van der Waals surface area contributed by atoms with E-state index in [0.717, 1.165) is 6.07 Å². The minimum absolute atomic E-state index is 0.170. The third-order valence-electron chi connectivity index (χ3n) is 2.04. The van der Waals surface area contributed by atoms with E-state index in [0.29, 0.717) is 12.2 Å². The Balaban J connectivity index is 3.02. The van der Waals surface area contributed by atoms with Gasteiger partial charge < -0.3 is 9.47 Å². The zero-order valence-corrected chi connectivity index (χ0v) is 9.10. The Hall–Kier alpha value is -1.23. The van der Waals surface area contributed by atoms with E-state index in [1.165, 1.54) is 13.2 Å². The standard InChI is InChI=1S/C11H13F3O2/c1-3-16-7-8-4-5-10(15-2)9(6-8)11(12,13)14/h4-6H,3,7H2,1-2H3. The van der Waals surface area contributed by atoms with Crippen LogP contribution in [0.4, 0.5) is 13.2 Å².